The van der Waals surface area contributed by atoms with Crippen LogP contribution in [0.25, 0.3) is 10.9 Å². The molecule has 0 aliphatic carbocycles. The monoisotopic (exact) mass is 417 g/mol. The number of rotatable bonds is 5. The largest absolute Gasteiger partial charge is 0.357 e. The summed E-state index contributed by atoms with van der Waals surface area (Å²) in [7, 11) is 0. The van der Waals surface area contributed by atoms with Crippen molar-refractivity contribution < 1.29 is 4.79 Å². The standard InChI is InChI=1S/C25H24ClN3O/c26-20-9-7-18(8-10-20)19(16-28-12-3-4-13-28)15-25(30)29-14-11-22-21-5-1-2-6-23(21)27-24(22)17-29/h1-10,12-13,19,27H,11,14-17H2/t19-/m1/s1. The van der Waals surface area contributed by atoms with E-state index in [-0.39, 0.29) is 11.8 Å². The highest BCUT2D eigenvalue weighted by molar-refractivity contribution is 6.30. The van der Waals surface area contributed by atoms with E-state index in [0.29, 0.717) is 18.0 Å². The average Bonchev–Trinajstić information content (AvgIpc) is 3.40. The Morgan fingerprint density at radius 2 is 1.80 bits per heavy atom. The number of carbonyl (C=O) groups is 1. The predicted octanol–water partition coefficient (Wildman–Crippen LogP) is 5.38. The fourth-order valence-electron chi connectivity index (χ4n) is 4.51. The van der Waals surface area contributed by atoms with Crippen molar-refractivity contribution in [2.75, 3.05) is 6.54 Å². The number of hydrogen-bond donors (Lipinski definition) is 1. The molecule has 0 radical (unpaired) electrons. The first-order valence-corrected chi connectivity index (χ1v) is 10.8. The summed E-state index contributed by atoms with van der Waals surface area (Å²) in [5.74, 6) is 0.303. The first-order valence-electron chi connectivity index (χ1n) is 10.4. The van der Waals surface area contributed by atoms with Crippen LogP contribution in [0.1, 0.15) is 29.2 Å². The van der Waals surface area contributed by atoms with Gasteiger partial charge in [-0.2, -0.15) is 0 Å². The maximum Gasteiger partial charge on any atom is 0.223 e. The van der Waals surface area contributed by atoms with Gasteiger partial charge in [-0.25, -0.2) is 0 Å². The van der Waals surface area contributed by atoms with Gasteiger partial charge in [-0.1, -0.05) is 41.9 Å². The minimum atomic E-state index is 0.103. The van der Waals surface area contributed by atoms with Crippen molar-refractivity contribution in [2.45, 2.75) is 31.8 Å². The van der Waals surface area contributed by atoms with Crippen molar-refractivity contribution in [2.24, 2.45) is 0 Å². The summed E-state index contributed by atoms with van der Waals surface area (Å²) in [5.41, 5.74) is 4.83. The number of H-pyrrole nitrogens is 1. The third-order valence-corrected chi connectivity index (χ3v) is 6.35. The van der Waals surface area contributed by atoms with Crippen LogP contribution in [0.15, 0.2) is 73.1 Å². The van der Waals surface area contributed by atoms with Gasteiger partial charge in [0.1, 0.15) is 0 Å². The van der Waals surface area contributed by atoms with Gasteiger partial charge in [0.25, 0.3) is 0 Å². The molecule has 4 nitrogen and oxygen atoms in total. The number of aromatic nitrogens is 2. The lowest BCUT2D eigenvalue weighted by molar-refractivity contribution is -0.132. The first kappa shape index (κ1) is 19.0. The Morgan fingerprint density at radius 1 is 1.03 bits per heavy atom. The molecule has 1 amide bonds. The number of para-hydroxylation sites is 1. The molecule has 0 saturated heterocycles. The topological polar surface area (TPSA) is 41.0 Å². The van der Waals surface area contributed by atoms with Crippen LogP contribution >= 0.6 is 11.6 Å². The molecule has 1 N–H and O–H groups in total. The van der Waals surface area contributed by atoms with Crippen molar-refractivity contribution in [1.82, 2.24) is 14.5 Å². The van der Waals surface area contributed by atoms with E-state index in [1.807, 2.05) is 59.8 Å². The highest BCUT2D eigenvalue weighted by atomic mass is 35.5. The van der Waals surface area contributed by atoms with E-state index in [2.05, 4.69) is 27.8 Å². The lowest BCUT2D eigenvalue weighted by Crippen LogP contribution is -2.36. The number of nitrogens with zero attached hydrogens (tertiary/aromatic N) is 2. The third-order valence-electron chi connectivity index (χ3n) is 6.10. The van der Waals surface area contributed by atoms with E-state index in [0.717, 1.165) is 30.6 Å². The summed E-state index contributed by atoms with van der Waals surface area (Å²) < 4.78 is 2.14. The van der Waals surface area contributed by atoms with Crippen LogP contribution in [0.5, 0.6) is 0 Å². The molecular weight excluding hydrogens is 394 g/mol. The van der Waals surface area contributed by atoms with Crippen molar-refractivity contribution in [3.05, 3.63) is 94.9 Å². The molecule has 3 heterocycles. The second-order valence-electron chi connectivity index (χ2n) is 8.03. The molecule has 1 atom stereocenters. The van der Waals surface area contributed by atoms with Crippen LogP contribution in [0.3, 0.4) is 0 Å². The molecule has 1 aliphatic rings. The number of amides is 1. The Bertz CT molecular complexity index is 1160. The molecule has 152 valence electrons. The minimum Gasteiger partial charge on any atom is -0.357 e. The number of aromatic amines is 1. The lowest BCUT2D eigenvalue weighted by Gasteiger charge is -2.29. The molecule has 2 aromatic carbocycles. The Kier molecular flexibility index (Phi) is 5.09. The van der Waals surface area contributed by atoms with Crippen LogP contribution in [0, 0.1) is 0 Å². The molecule has 0 saturated carbocycles. The van der Waals surface area contributed by atoms with E-state index < -0.39 is 0 Å². The van der Waals surface area contributed by atoms with E-state index >= 15 is 0 Å². The SMILES string of the molecule is O=C(C[C@H](Cn1cccc1)c1ccc(Cl)cc1)N1CCc2c([nH]c3ccccc23)C1. The number of halogens is 1. The number of benzene rings is 2. The van der Waals surface area contributed by atoms with Gasteiger partial charge in [0.15, 0.2) is 0 Å². The van der Waals surface area contributed by atoms with E-state index in [4.69, 9.17) is 11.6 Å². The zero-order valence-corrected chi connectivity index (χ0v) is 17.5. The molecule has 0 fully saturated rings. The van der Waals surface area contributed by atoms with Gasteiger partial charge in [-0.05, 0) is 47.9 Å². The van der Waals surface area contributed by atoms with Gasteiger partial charge in [0.05, 0.1) is 6.54 Å². The summed E-state index contributed by atoms with van der Waals surface area (Å²) >= 11 is 6.08. The summed E-state index contributed by atoms with van der Waals surface area (Å²) in [6, 6.07) is 20.3. The fraction of sp³-hybridized carbons (Fsp3) is 0.240. The maximum absolute atomic E-state index is 13.3. The van der Waals surface area contributed by atoms with E-state index in [1.165, 1.54) is 16.6 Å². The molecule has 0 unspecified atom stereocenters. The molecule has 2 aromatic heterocycles. The van der Waals surface area contributed by atoms with E-state index in [1.54, 1.807) is 0 Å². The van der Waals surface area contributed by atoms with Crippen molar-refractivity contribution in [3.8, 4) is 0 Å². The second kappa shape index (κ2) is 8.04. The molecule has 4 aromatic rings. The molecule has 5 rings (SSSR count). The van der Waals surface area contributed by atoms with Gasteiger partial charge in [-0.15, -0.1) is 0 Å². The Morgan fingerprint density at radius 3 is 2.60 bits per heavy atom. The number of fused-ring (bicyclic) bond motifs is 3. The second-order valence-corrected chi connectivity index (χ2v) is 8.46. The highest BCUT2D eigenvalue weighted by Gasteiger charge is 2.26. The summed E-state index contributed by atoms with van der Waals surface area (Å²) in [6.45, 7) is 2.19. The number of carbonyl (C=O) groups excluding carboxylic acids is 1. The maximum atomic E-state index is 13.3. The smallest absolute Gasteiger partial charge is 0.223 e. The van der Waals surface area contributed by atoms with E-state index in [9.17, 15) is 4.79 Å². The van der Waals surface area contributed by atoms with Gasteiger partial charge in [0.2, 0.25) is 5.91 Å². The van der Waals surface area contributed by atoms with Gasteiger partial charge in [-0.3, -0.25) is 4.79 Å². The zero-order valence-electron chi connectivity index (χ0n) is 16.7. The highest BCUT2D eigenvalue weighted by Crippen LogP contribution is 2.30. The van der Waals surface area contributed by atoms with Crippen LogP contribution in [0.2, 0.25) is 5.02 Å². The summed E-state index contributed by atoms with van der Waals surface area (Å²) in [6.07, 6.45) is 5.47. The minimum absolute atomic E-state index is 0.103. The molecule has 30 heavy (non-hydrogen) atoms. The van der Waals surface area contributed by atoms with Gasteiger partial charge in [0, 0.05) is 59.4 Å². The zero-order chi connectivity index (χ0) is 20.5. The number of nitrogens with one attached hydrogen (secondary N) is 1. The first-order chi connectivity index (χ1) is 14.7. The predicted molar refractivity (Wildman–Crippen MR) is 121 cm³/mol. The van der Waals surface area contributed by atoms with Crippen LogP contribution in [-0.2, 0) is 24.3 Å². The molecule has 0 bridgehead atoms. The van der Waals surface area contributed by atoms with Crippen LogP contribution < -0.4 is 0 Å². The van der Waals surface area contributed by atoms with Gasteiger partial charge < -0.3 is 14.5 Å². The molecule has 5 heteroatoms. The van der Waals surface area contributed by atoms with Crippen molar-refractivity contribution in [1.29, 1.82) is 0 Å². The van der Waals surface area contributed by atoms with Crippen LogP contribution in [-0.4, -0.2) is 26.9 Å². The van der Waals surface area contributed by atoms with Crippen molar-refractivity contribution >= 4 is 28.4 Å². The Labute approximate surface area is 181 Å². The summed E-state index contributed by atoms with van der Waals surface area (Å²) in [5, 5.41) is 2.00. The lowest BCUT2D eigenvalue weighted by atomic mass is 9.94. The molecule has 0 spiro atoms. The molecular formula is C25H24ClN3O. The Hall–Kier alpha value is -2.98. The molecule has 1 aliphatic heterocycles. The normalized spacial score (nSPS) is 14.6. The van der Waals surface area contributed by atoms with Crippen molar-refractivity contribution in [3.63, 3.8) is 0 Å². The fourth-order valence-corrected chi connectivity index (χ4v) is 4.64. The quantitative estimate of drug-likeness (QED) is 0.465. The average molecular weight is 418 g/mol. The summed E-state index contributed by atoms with van der Waals surface area (Å²) in [4.78, 5) is 18.8. The third kappa shape index (κ3) is 3.75. The van der Waals surface area contributed by atoms with Crippen LogP contribution in [0.4, 0.5) is 0 Å². The Balaban J connectivity index is 1.35. The van der Waals surface area contributed by atoms with Gasteiger partial charge >= 0.3 is 0 Å². The number of hydrogen-bond acceptors (Lipinski definition) is 1.